The van der Waals surface area contributed by atoms with Crippen LogP contribution in [-0.4, -0.2) is 37.4 Å². The molecule has 6 nitrogen and oxygen atoms in total. The van der Waals surface area contributed by atoms with Gasteiger partial charge in [0.1, 0.15) is 5.82 Å². The van der Waals surface area contributed by atoms with Gasteiger partial charge in [-0.15, -0.1) is 0 Å². The number of amides is 1. The van der Waals surface area contributed by atoms with Crippen molar-refractivity contribution in [3.8, 4) is 11.3 Å². The van der Waals surface area contributed by atoms with Gasteiger partial charge in [0.2, 0.25) is 0 Å². The summed E-state index contributed by atoms with van der Waals surface area (Å²) in [5.74, 6) is -0.576. The van der Waals surface area contributed by atoms with E-state index in [1.165, 1.54) is 12.1 Å². The van der Waals surface area contributed by atoms with Crippen molar-refractivity contribution in [1.82, 2.24) is 10.5 Å². The molecule has 2 aromatic carbocycles. The number of aromatic nitrogens is 1. The van der Waals surface area contributed by atoms with Crippen LogP contribution in [0.3, 0.4) is 0 Å². The smallest absolute Gasteiger partial charge is 0.273 e. The Kier molecular flexibility index (Phi) is 5.34. The molecule has 1 aliphatic heterocycles. The van der Waals surface area contributed by atoms with Gasteiger partial charge in [0.25, 0.3) is 5.91 Å². The molecule has 0 saturated carbocycles. The van der Waals surface area contributed by atoms with Gasteiger partial charge in [0.15, 0.2) is 11.5 Å². The van der Waals surface area contributed by atoms with E-state index >= 15 is 0 Å². The molecule has 0 bridgehead atoms. The molecule has 1 aliphatic rings. The molecule has 0 atom stereocenters. The minimum atomic E-state index is -0.425. The van der Waals surface area contributed by atoms with Crippen LogP contribution in [0.1, 0.15) is 16.1 Å². The van der Waals surface area contributed by atoms with Gasteiger partial charge in [0, 0.05) is 31.4 Å². The zero-order chi connectivity index (χ0) is 19.3. The third kappa shape index (κ3) is 4.04. The van der Waals surface area contributed by atoms with E-state index in [9.17, 15) is 9.18 Å². The van der Waals surface area contributed by atoms with Crippen LogP contribution in [0.4, 0.5) is 10.1 Å². The van der Waals surface area contributed by atoms with Crippen LogP contribution in [0.25, 0.3) is 11.3 Å². The maximum Gasteiger partial charge on any atom is 0.273 e. The molecule has 0 unspecified atom stereocenters. The lowest BCUT2D eigenvalue weighted by molar-refractivity contribution is 0.0942. The molecule has 7 heteroatoms. The molecule has 144 valence electrons. The lowest BCUT2D eigenvalue weighted by Gasteiger charge is -2.28. The van der Waals surface area contributed by atoms with Crippen LogP contribution in [-0.2, 0) is 11.3 Å². The Bertz CT molecular complexity index is 950. The van der Waals surface area contributed by atoms with Crippen LogP contribution < -0.4 is 10.2 Å². The summed E-state index contributed by atoms with van der Waals surface area (Å²) in [6, 6.07) is 15.7. The average molecular weight is 381 g/mol. The quantitative estimate of drug-likeness (QED) is 0.735. The summed E-state index contributed by atoms with van der Waals surface area (Å²) in [6.07, 6.45) is 0. The minimum Gasteiger partial charge on any atom is -0.378 e. The molecule has 0 aliphatic carbocycles. The van der Waals surface area contributed by atoms with E-state index in [0.29, 0.717) is 6.54 Å². The fourth-order valence-electron chi connectivity index (χ4n) is 3.09. The zero-order valence-corrected chi connectivity index (χ0v) is 15.2. The molecule has 2 heterocycles. The second-order valence-corrected chi connectivity index (χ2v) is 6.50. The van der Waals surface area contributed by atoms with Crippen LogP contribution in [0.2, 0.25) is 0 Å². The fourth-order valence-corrected chi connectivity index (χ4v) is 3.09. The molecular formula is C21H20FN3O3. The van der Waals surface area contributed by atoms with Crippen LogP contribution in [0.15, 0.2) is 59.1 Å². The number of nitrogens with one attached hydrogen (secondary N) is 1. The highest BCUT2D eigenvalue weighted by molar-refractivity contribution is 5.93. The van der Waals surface area contributed by atoms with Gasteiger partial charge in [-0.1, -0.05) is 29.4 Å². The number of ether oxygens (including phenoxy) is 1. The molecule has 1 amide bonds. The maximum absolute atomic E-state index is 13.8. The van der Waals surface area contributed by atoms with Gasteiger partial charge in [-0.25, -0.2) is 4.39 Å². The number of benzene rings is 2. The van der Waals surface area contributed by atoms with Gasteiger partial charge in [-0.05, 0) is 29.8 Å². The Morgan fingerprint density at radius 3 is 2.61 bits per heavy atom. The van der Waals surface area contributed by atoms with Crippen molar-refractivity contribution in [3.05, 3.63) is 71.7 Å². The number of rotatable bonds is 5. The largest absolute Gasteiger partial charge is 0.378 e. The molecule has 0 spiro atoms. The van der Waals surface area contributed by atoms with E-state index in [1.54, 1.807) is 18.2 Å². The van der Waals surface area contributed by atoms with Crippen molar-refractivity contribution in [2.45, 2.75) is 6.54 Å². The number of carbonyl (C=O) groups is 1. The molecule has 1 aromatic heterocycles. The first-order chi connectivity index (χ1) is 13.7. The highest BCUT2D eigenvalue weighted by Crippen LogP contribution is 2.23. The molecule has 4 rings (SSSR count). The SMILES string of the molecule is O=C(NCc1ccc(N2CCOCC2)cc1)c1cc(-c2ccccc2F)on1. The van der Waals surface area contributed by atoms with E-state index in [0.717, 1.165) is 37.6 Å². The Labute approximate surface area is 161 Å². The summed E-state index contributed by atoms with van der Waals surface area (Å²) < 4.78 is 24.3. The van der Waals surface area contributed by atoms with Crippen LogP contribution >= 0.6 is 0 Å². The van der Waals surface area contributed by atoms with Crippen LogP contribution in [0.5, 0.6) is 0 Å². The highest BCUT2D eigenvalue weighted by Gasteiger charge is 2.16. The summed E-state index contributed by atoms with van der Waals surface area (Å²) >= 11 is 0. The van der Waals surface area contributed by atoms with E-state index in [-0.39, 0.29) is 22.9 Å². The van der Waals surface area contributed by atoms with Crippen LogP contribution in [0, 0.1) is 5.82 Å². The first-order valence-electron chi connectivity index (χ1n) is 9.12. The van der Waals surface area contributed by atoms with Gasteiger partial charge in [0.05, 0.1) is 18.8 Å². The van der Waals surface area contributed by atoms with Gasteiger partial charge < -0.3 is 19.5 Å². The van der Waals surface area contributed by atoms with Crippen molar-refractivity contribution < 1.29 is 18.4 Å². The standard InChI is InChI=1S/C21H20FN3O3/c22-18-4-2-1-3-17(18)20-13-19(24-28-20)21(26)23-14-15-5-7-16(8-6-15)25-9-11-27-12-10-25/h1-8,13H,9-12,14H2,(H,23,26). The molecule has 0 radical (unpaired) electrons. The lowest BCUT2D eigenvalue weighted by Crippen LogP contribution is -2.36. The predicted octanol–water partition coefficient (Wildman–Crippen LogP) is 3.25. The van der Waals surface area contributed by atoms with Crippen molar-refractivity contribution in [2.24, 2.45) is 0 Å². The summed E-state index contributed by atoms with van der Waals surface area (Å²) in [7, 11) is 0. The predicted molar refractivity (Wildman–Crippen MR) is 103 cm³/mol. The van der Waals surface area contributed by atoms with Crippen molar-refractivity contribution >= 4 is 11.6 Å². The van der Waals surface area contributed by atoms with Crippen molar-refractivity contribution in [2.75, 3.05) is 31.2 Å². The topological polar surface area (TPSA) is 67.6 Å². The van der Waals surface area contributed by atoms with Gasteiger partial charge >= 0.3 is 0 Å². The summed E-state index contributed by atoms with van der Waals surface area (Å²) in [5, 5.41) is 6.55. The number of nitrogens with zero attached hydrogens (tertiary/aromatic N) is 2. The number of anilines is 1. The molecule has 1 saturated heterocycles. The molecule has 1 N–H and O–H groups in total. The lowest BCUT2D eigenvalue weighted by atomic mass is 10.1. The second kappa shape index (κ2) is 8.22. The van der Waals surface area contributed by atoms with E-state index in [4.69, 9.17) is 9.26 Å². The average Bonchev–Trinajstić information content (AvgIpc) is 3.23. The highest BCUT2D eigenvalue weighted by atomic mass is 19.1. The molecular weight excluding hydrogens is 361 g/mol. The molecule has 1 fully saturated rings. The first-order valence-corrected chi connectivity index (χ1v) is 9.12. The Balaban J connectivity index is 1.36. The number of hydrogen-bond acceptors (Lipinski definition) is 5. The zero-order valence-electron chi connectivity index (χ0n) is 15.2. The maximum atomic E-state index is 13.8. The molecule has 3 aromatic rings. The summed E-state index contributed by atoms with van der Waals surface area (Å²) in [5.41, 5.74) is 2.50. The molecule has 28 heavy (non-hydrogen) atoms. The Hall–Kier alpha value is -3.19. The number of carbonyl (C=O) groups excluding carboxylic acids is 1. The van der Waals surface area contributed by atoms with E-state index in [2.05, 4.69) is 15.4 Å². The number of hydrogen-bond donors (Lipinski definition) is 1. The number of morpholine rings is 1. The summed E-state index contributed by atoms with van der Waals surface area (Å²) in [6.45, 7) is 3.61. The first kappa shape index (κ1) is 18.2. The van der Waals surface area contributed by atoms with Crippen molar-refractivity contribution in [3.63, 3.8) is 0 Å². The van der Waals surface area contributed by atoms with E-state index in [1.807, 2.05) is 24.3 Å². The number of halogens is 1. The fraction of sp³-hybridized carbons (Fsp3) is 0.238. The van der Waals surface area contributed by atoms with Gasteiger partial charge in [-0.3, -0.25) is 4.79 Å². The Morgan fingerprint density at radius 1 is 1.11 bits per heavy atom. The normalized spacial score (nSPS) is 14.1. The monoisotopic (exact) mass is 381 g/mol. The minimum absolute atomic E-state index is 0.114. The van der Waals surface area contributed by atoms with Crippen molar-refractivity contribution in [1.29, 1.82) is 0 Å². The third-order valence-corrected chi connectivity index (χ3v) is 4.65. The third-order valence-electron chi connectivity index (χ3n) is 4.65. The Morgan fingerprint density at radius 2 is 1.86 bits per heavy atom. The van der Waals surface area contributed by atoms with Gasteiger partial charge in [-0.2, -0.15) is 0 Å². The van der Waals surface area contributed by atoms with E-state index < -0.39 is 5.82 Å². The second-order valence-electron chi connectivity index (χ2n) is 6.50. The summed E-state index contributed by atoms with van der Waals surface area (Å²) in [4.78, 5) is 14.6.